The molecule has 0 saturated heterocycles. The summed E-state index contributed by atoms with van der Waals surface area (Å²) in [5, 5.41) is 15.3. The second-order valence-electron chi connectivity index (χ2n) is 6.18. The Bertz CT molecular complexity index is 943. The third-order valence-electron chi connectivity index (χ3n) is 4.07. The van der Waals surface area contributed by atoms with Crippen molar-refractivity contribution >= 4 is 29.3 Å². The van der Waals surface area contributed by atoms with Crippen molar-refractivity contribution in [1.29, 1.82) is 0 Å². The number of aromatic nitrogens is 4. The second-order valence-corrected chi connectivity index (χ2v) is 7.69. The van der Waals surface area contributed by atoms with E-state index in [-0.39, 0.29) is 17.8 Å². The van der Waals surface area contributed by atoms with Crippen LogP contribution in [0.2, 0.25) is 5.02 Å². The first-order valence-electron chi connectivity index (χ1n) is 8.37. The minimum absolute atomic E-state index is 0.139. The maximum absolute atomic E-state index is 13.3. The van der Waals surface area contributed by atoms with Crippen LogP contribution in [0, 0.1) is 5.82 Å². The highest BCUT2D eigenvalue weighted by molar-refractivity contribution is 8.00. The van der Waals surface area contributed by atoms with E-state index < -0.39 is 5.25 Å². The third kappa shape index (κ3) is 4.28. The molecule has 1 saturated carbocycles. The summed E-state index contributed by atoms with van der Waals surface area (Å²) in [6, 6.07) is 13.2. The Labute approximate surface area is 164 Å². The van der Waals surface area contributed by atoms with Crippen LogP contribution in [-0.2, 0) is 4.79 Å². The number of benzene rings is 2. The third-order valence-corrected chi connectivity index (χ3v) is 5.51. The molecule has 0 spiro atoms. The van der Waals surface area contributed by atoms with E-state index in [9.17, 15) is 9.18 Å². The van der Waals surface area contributed by atoms with Gasteiger partial charge < -0.3 is 5.32 Å². The maximum Gasteiger partial charge on any atom is 0.238 e. The lowest BCUT2D eigenvalue weighted by Crippen LogP contribution is -2.30. The van der Waals surface area contributed by atoms with Gasteiger partial charge in [0.1, 0.15) is 11.1 Å². The smallest absolute Gasteiger partial charge is 0.238 e. The van der Waals surface area contributed by atoms with E-state index in [0.717, 1.165) is 18.5 Å². The molecule has 3 aromatic rings. The monoisotopic (exact) mass is 403 g/mol. The average Bonchev–Trinajstić information content (AvgIpc) is 3.36. The van der Waals surface area contributed by atoms with Gasteiger partial charge in [-0.1, -0.05) is 35.5 Å². The summed E-state index contributed by atoms with van der Waals surface area (Å²) in [6.45, 7) is 0. The molecule has 6 nitrogen and oxygen atoms in total. The predicted octanol–water partition coefficient (Wildman–Crippen LogP) is 3.57. The minimum atomic E-state index is -0.594. The molecule has 0 radical (unpaired) electrons. The number of halogens is 2. The highest BCUT2D eigenvalue weighted by Gasteiger charge is 2.30. The van der Waals surface area contributed by atoms with Crippen LogP contribution in [0.25, 0.3) is 5.69 Å². The number of amides is 1. The molecule has 0 unspecified atom stereocenters. The molecule has 4 rings (SSSR count). The summed E-state index contributed by atoms with van der Waals surface area (Å²) < 4.78 is 14.9. The van der Waals surface area contributed by atoms with Gasteiger partial charge in [-0.05, 0) is 65.2 Å². The molecule has 27 heavy (non-hydrogen) atoms. The number of carbonyl (C=O) groups is 1. The molecule has 1 heterocycles. The number of nitrogens with zero attached hydrogens (tertiary/aromatic N) is 4. The molecule has 1 atom stereocenters. The molecular formula is C18H15ClFN5OS. The highest BCUT2D eigenvalue weighted by atomic mass is 35.5. The van der Waals surface area contributed by atoms with Crippen LogP contribution < -0.4 is 5.32 Å². The van der Waals surface area contributed by atoms with E-state index in [1.807, 2.05) is 0 Å². The van der Waals surface area contributed by atoms with Crippen molar-refractivity contribution in [1.82, 2.24) is 25.5 Å². The van der Waals surface area contributed by atoms with E-state index in [2.05, 4.69) is 20.8 Å². The van der Waals surface area contributed by atoms with E-state index in [1.54, 1.807) is 41.1 Å². The summed E-state index contributed by atoms with van der Waals surface area (Å²) in [5.74, 6) is -0.490. The standard InChI is InChI=1S/C18H15ClFN5OS/c19-12-3-9-15(10-4-12)25-18(22-23-24-25)27-16(17(26)21-14-7-8-14)11-1-5-13(20)6-2-11/h1-6,9-10,14,16H,7-8H2,(H,21,26)/t16-/m0/s1. The molecular weight excluding hydrogens is 389 g/mol. The number of hydrogen-bond donors (Lipinski definition) is 1. The van der Waals surface area contributed by atoms with Gasteiger partial charge in [0.15, 0.2) is 0 Å². The zero-order valence-electron chi connectivity index (χ0n) is 14.0. The lowest BCUT2D eigenvalue weighted by atomic mass is 10.1. The molecule has 9 heteroatoms. The molecule has 138 valence electrons. The SMILES string of the molecule is O=C(NC1CC1)[C@@H](Sc1nnnn1-c1ccc(Cl)cc1)c1ccc(F)cc1. The first-order valence-corrected chi connectivity index (χ1v) is 9.63. The Morgan fingerprint density at radius 3 is 2.56 bits per heavy atom. The summed E-state index contributed by atoms with van der Waals surface area (Å²) in [7, 11) is 0. The number of nitrogens with one attached hydrogen (secondary N) is 1. The Balaban J connectivity index is 1.63. The molecule has 1 N–H and O–H groups in total. The Hall–Kier alpha value is -2.45. The lowest BCUT2D eigenvalue weighted by molar-refractivity contribution is -0.120. The molecule has 0 aliphatic heterocycles. The van der Waals surface area contributed by atoms with E-state index >= 15 is 0 Å². The van der Waals surface area contributed by atoms with E-state index in [4.69, 9.17) is 11.6 Å². The van der Waals surface area contributed by atoms with Crippen LogP contribution in [0.3, 0.4) is 0 Å². The predicted molar refractivity (Wildman–Crippen MR) is 100 cm³/mol. The Kier molecular flexibility index (Phi) is 5.09. The van der Waals surface area contributed by atoms with Gasteiger partial charge in [-0.3, -0.25) is 4.79 Å². The zero-order valence-corrected chi connectivity index (χ0v) is 15.6. The first-order chi connectivity index (χ1) is 13.1. The van der Waals surface area contributed by atoms with Gasteiger partial charge >= 0.3 is 0 Å². The van der Waals surface area contributed by atoms with Crippen LogP contribution in [0.15, 0.2) is 53.7 Å². The lowest BCUT2D eigenvalue weighted by Gasteiger charge is -2.16. The van der Waals surface area contributed by atoms with Crippen LogP contribution in [-0.4, -0.2) is 32.2 Å². The second kappa shape index (κ2) is 7.66. The number of tetrazole rings is 1. The van der Waals surface area contributed by atoms with Gasteiger partial charge in [0.25, 0.3) is 0 Å². The van der Waals surface area contributed by atoms with E-state index in [1.165, 1.54) is 23.9 Å². The van der Waals surface area contributed by atoms with Crippen molar-refractivity contribution < 1.29 is 9.18 Å². The van der Waals surface area contributed by atoms with Crippen LogP contribution in [0.1, 0.15) is 23.7 Å². The topological polar surface area (TPSA) is 72.7 Å². The summed E-state index contributed by atoms with van der Waals surface area (Å²) in [5.41, 5.74) is 1.41. The minimum Gasteiger partial charge on any atom is -0.352 e. The molecule has 1 amide bonds. The Morgan fingerprint density at radius 1 is 1.19 bits per heavy atom. The number of hydrogen-bond acceptors (Lipinski definition) is 5. The number of thioether (sulfide) groups is 1. The maximum atomic E-state index is 13.3. The molecule has 1 aromatic heterocycles. The van der Waals surface area contributed by atoms with Crippen molar-refractivity contribution in [2.75, 3.05) is 0 Å². The van der Waals surface area contributed by atoms with Crippen LogP contribution >= 0.6 is 23.4 Å². The summed E-state index contributed by atoms with van der Waals surface area (Å²) >= 11 is 7.15. The van der Waals surface area contributed by atoms with Gasteiger partial charge in [-0.2, -0.15) is 4.68 Å². The fourth-order valence-electron chi connectivity index (χ4n) is 2.52. The quantitative estimate of drug-likeness (QED) is 0.637. The molecule has 0 bridgehead atoms. The van der Waals surface area contributed by atoms with Crippen LogP contribution in [0.4, 0.5) is 4.39 Å². The van der Waals surface area contributed by atoms with Gasteiger partial charge in [0.2, 0.25) is 11.1 Å². The van der Waals surface area contributed by atoms with Crippen molar-refractivity contribution in [3.05, 3.63) is 64.9 Å². The average molecular weight is 404 g/mol. The largest absolute Gasteiger partial charge is 0.352 e. The summed E-state index contributed by atoms with van der Waals surface area (Å²) in [4.78, 5) is 12.8. The molecule has 1 aliphatic rings. The van der Waals surface area contributed by atoms with Crippen molar-refractivity contribution in [3.63, 3.8) is 0 Å². The van der Waals surface area contributed by atoms with Gasteiger partial charge in [0, 0.05) is 11.1 Å². The van der Waals surface area contributed by atoms with Gasteiger partial charge in [0.05, 0.1) is 5.69 Å². The number of rotatable bonds is 6. The molecule has 2 aromatic carbocycles. The fourth-order valence-corrected chi connectivity index (χ4v) is 3.65. The normalized spacial score (nSPS) is 14.7. The molecule has 1 aliphatic carbocycles. The fraction of sp³-hybridized carbons (Fsp3) is 0.222. The summed E-state index contributed by atoms with van der Waals surface area (Å²) in [6.07, 6.45) is 1.96. The number of carbonyl (C=O) groups excluding carboxylic acids is 1. The highest BCUT2D eigenvalue weighted by Crippen LogP contribution is 2.36. The van der Waals surface area contributed by atoms with Crippen molar-refractivity contribution in [3.8, 4) is 5.69 Å². The van der Waals surface area contributed by atoms with Crippen molar-refractivity contribution in [2.45, 2.75) is 29.3 Å². The van der Waals surface area contributed by atoms with Gasteiger partial charge in [-0.15, -0.1) is 5.10 Å². The van der Waals surface area contributed by atoms with Crippen LogP contribution in [0.5, 0.6) is 0 Å². The Morgan fingerprint density at radius 2 is 1.89 bits per heavy atom. The first kappa shape index (κ1) is 17.9. The van der Waals surface area contributed by atoms with Crippen molar-refractivity contribution in [2.24, 2.45) is 0 Å². The zero-order chi connectivity index (χ0) is 18.8. The molecule has 1 fully saturated rings. The van der Waals surface area contributed by atoms with E-state index in [0.29, 0.717) is 15.7 Å². The van der Waals surface area contributed by atoms with Gasteiger partial charge in [-0.25, -0.2) is 4.39 Å².